The molecular formula is C29H30N4OS. The van der Waals surface area contributed by atoms with Crippen LogP contribution in [0.2, 0.25) is 0 Å². The molecule has 178 valence electrons. The normalized spacial score (nSPS) is 17.3. The Morgan fingerprint density at radius 2 is 1.80 bits per heavy atom. The van der Waals surface area contributed by atoms with Gasteiger partial charge in [-0.1, -0.05) is 55.0 Å². The maximum Gasteiger partial charge on any atom is 0.322 e. The highest BCUT2D eigenvalue weighted by Crippen LogP contribution is 2.43. The first kappa shape index (κ1) is 22.1. The van der Waals surface area contributed by atoms with E-state index in [1.807, 2.05) is 46.6 Å². The monoisotopic (exact) mass is 482 g/mol. The van der Waals surface area contributed by atoms with Crippen LogP contribution < -0.4 is 5.32 Å². The van der Waals surface area contributed by atoms with Crippen LogP contribution in [0.15, 0.2) is 72.9 Å². The number of urea groups is 1. The number of hydrogen-bond donors (Lipinski definition) is 1. The van der Waals surface area contributed by atoms with Crippen molar-refractivity contribution in [2.24, 2.45) is 0 Å². The SMILES string of the molecule is CCN1CCc2c(sc3c2CN(C(=O)Nc2ccc(C)cc2)[C@@H](c2ccccc2)c2cccn2-3)C1. The summed E-state index contributed by atoms with van der Waals surface area (Å²) in [6.45, 7) is 8.01. The molecule has 2 aromatic heterocycles. The van der Waals surface area contributed by atoms with Gasteiger partial charge in [0.15, 0.2) is 0 Å². The van der Waals surface area contributed by atoms with Crippen LogP contribution >= 0.6 is 11.3 Å². The molecule has 0 bridgehead atoms. The average molecular weight is 483 g/mol. The molecule has 5 nitrogen and oxygen atoms in total. The number of hydrogen-bond acceptors (Lipinski definition) is 3. The molecule has 0 aliphatic carbocycles. The van der Waals surface area contributed by atoms with Gasteiger partial charge in [0.1, 0.15) is 5.00 Å². The zero-order valence-corrected chi connectivity index (χ0v) is 21.0. The van der Waals surface area contributed by atoms with Crippen LogP contribution in [0.25, 0.3) is 5.00 Å². The number of nitrogens with zero attached hydrogens (tertiary/aromatic N) is 3. The highest BCUT2D eigenvalue weighted by molar-refractivity contribution is 7.15. The predicted octanol–water partition coefficient (Wildman–Crippen LogP) is 6.36. The summed E-state index contributed by atoms with van der Waals surface area (Å²) in [5.41, 5.74) is 6.98. The number of rotatable bonds is 3. The second-order valence-electron chi connectivity index (χ2n) is 9.45. The summed E-state index contributed by atoms with van der Waals surface area (Å²) in [7, 11) is 0. The lowest BCUT2D eigenvalue weighted by molar-refractivity contribution is 0.194. The Labute approximate surface area is 210 Å². The first-order valence-corrected chi connectivity index (χ1v) is 13.2. The van der Waals surface area contributed by atoms with E-state index in [4.69, 9.17) is 0 Å². The third-order valence-corrected chi connectivity index (χ3v) is 8.53. The van der Waals surface area contributed by atoms with Crippen molar-refractivity contribution in [3.63, 3.8) is 0 Å². The first-order chi connectivity index (χ1) is 17.1. The summed E-state index contributed by atoms with van der Waals surface area (Å²) in [6.07, 6.45) is 3.19. The Kier molecular flexibility index (Phi) is 5.71. The molecule has 1 atom stereocenters. The Balaban J connectivity index is 1.47. The van der Waals surface area contributed by atoms with E-state index in [0.29, 0.717) is 6.54 Å². The van der Waals surface area contributed by atoms with Crippen molar-refractivity contribution < 1.29 is 4.79 Å². The van der Waals surface area contributed by atoms with E-state index in [0.717, 1.165) is 43.0 Å². The summed E-state index contributed by atoms with van der Waals surface area (Å²) in [4.78, 5) is 19.9. The number of benzene rings is 2. The van der Waals surface area contributed by atoms with Gasteiger partial charge in [0.05, 0.1) is 18.3 Å². The van der Waals surface area contributed by atoms with E-state index in [1.54, 1.807) is 0 Å². The van der Waals surface area contributed by atoms with Gasteiger partial charge in [0, 0.05) is 35.4 Å². The smallest absolute Gasteiger partial charge is 0.310 e. The van der Waals surface area contributed by atoms with Gasteiger partial charge < -0.3 is 14.8 Å². The molecule has 0 radical (unpaired) electrons. The lowest BCUT2D eigenvalue weighted by Crippen LogP contribution is -2.38. The van der Waals surface area contributed by atoms with Gasteiger partial charge in [-0.3, -0.25) is 4.90 Å². The maximum absolute atomic E-state index is 13.9. The summed E-state index contributed by atoms with van der Waals surface area (Å²) in [6, 6.07) is 22.4. The fraction of sp³-hybridized carbons (Fsp3) is 0.276. The zero-order valence-electron chi connectivity index (χ0n) is 20.2. The molecule has 0 saturated heterocycles. The lowest BCUT2D eigenvalue weighted by atomic mass is 10.00. The molecule has 6 heteroatoms. The Bertz CT molecular complexity index is 1360. The van der Waals surface area contributed by atoms with Crippen molar-refractivity contribution in [3.05, 3.63) is 106 Å². The second-order valence-corrected chi connectivity index (χ2v) is 10.5. The first-order valence-electron chi connectivity index (χ1n) is 12.3. The van der Waals surface area contributed by atoms with Crippen LogP contribution in [0.1, 0.15) is 45.8 Å². The van der Waals surface area contributed by atoms with Crippen LogP contribution in [0, 0.1) is 6.92 Å². The van der Waals surface area contributed by atoms with Crippen LogP contribution in [0.3, 0.4) is 0 Å². The quantitative estimate of drug-likeness (QED) is 0.369. The number of carbonyl (C=O) groups excluding carboxylic acids is 1. The second kappa shape index (κ2) is 9.02. The number of amides is 2. The van der Waals surface area contributed by atoms with Crippen LogP contribution in [0.4, 0.5) is 10.5 Å². The summed E-state index contributed by atoms with van der Waals surface area (Å²) < 4.78 is 2.32. The molecule has 1 N–H and O–H groups in total. The number of aromatic nitrogens is 1. The van der Waals surface area contributed by atoms with E-state index in [9.17, 15) is 4.79 Å². The van der Waals surface area contributed by atoms with Gasteiger partial charge in [-0.25, -0.2) is 4.79 Å². The maximum atomic E-state index is 13.9. The number of aryl methyl sites for hydroxylation is 1. The molecule has 35 heavy (non-hydrogen) atoms. The van der Waals surface area contributed by atoms with E-state index < -0.39 is 0 Å². The highest BCUT2D eigenvalue weighted by Gasteiger charge is 2.36. The Hall–Kier alpha value is -3.35. The number of carbonyl (C=O) groups is 1. The standard InChI is InChI=1S/C29H30N4OS/c1-3-31-17-15-23-24-18-33(29(34)30-22-13-11-20(2)12-14-22)27(21-8-5-4-6-9-21)25-10-7-16-32(25)28(24)35-26(23)19-31/h4-14,16,27H,3,15,17-19H2,1-2H3,(H,30,34)/t27-/m0/s1. The third kappa shape index (κ3) is 3.97. The molecule has 6 rings (SSSR count). The summed E-state index contributed by atoms with van der Waals surface area (Å²) in [5, 5.41) is 4.44. The van der Waals surface area contributed by atoms with Crippen molar-refractivity contribution in [3.8, 4) is 5.00 Å². The molecule has 0 spiro atoms. The Morgan fingerprint density at radius 1 is 1.00 bits per heavy atom. The van der Waals surface area contributed by atoms with Gasteiger partial charge in [-0.15, -0.1) is 11.3 Å². The van der Waals surface area contributed by atoms with Crippen LogP contribution in [-0.4, -0.2) is 33.5 Å². The highest BCUT2D eigenvalue weighted by atomic mass is 32.1. The van der Waals surface area contributed by atoms with Crippen molar-refractivity contribution in [2.75, 3.05) is 18.4 Å². The number of anilines is 1. The molecule has 2 aromatic carbocycles. The topological polar surface area (TPSA) is 40.5 Å². The molecule has 0 fully saturated rings. The number of likely N-dealkylation sites (N-methyl/N-ethyl adjacent to an activating group) is 1. The minimum Gasteiger partial charge on any atom is -0.310 e. The minimum absolute atomic E-state index is 0.0748. The molecule has 2 aliphatic heterocycles. The largest absolute Gasteiger partial charge is 0.322 e. The van der Waals surface area contributed by atoms with E-state index >= 15 is 0 Å². The molecular weight excluding hydrogens is 452 g/mol. The Morgan fingerprint density at radius 3 is 2.57 bits per heavy atom. The van der Waals surface area contributed by atoms with Crippen molar-refractivity contribution in [1.29, 1.82) is 0 Å². The zero-order chi connectivity index (χ0) is 23.9. The van der Waals surface area contributed by atoms with Gasteiger partial charge >= 0.3 is 6.03 Å². The van der Waals surface area contributed by atoms with E-state index in [1.165, 1.54) is 26.6 Å². The van der Waals surface area contributed by atoms with Crippen molar-refractivity contribution in [2.45, 2.75) is 39.4 Å². The van der Waals surface area contributed by atoms with E-state index in [-0.39, 0.29) is 12.1 Å². The fourth-order valence-electron chi connectivity index (χ4n) is 5.37. The predicted molar refractivity (Wildman–Crippen MR) is 142 cm³/mol. The number of thiophene rings is 1. The van der Waals surface area contributed by atoms with Gasteiger partial charge in [-0.05, 0) is 55.3 Å². The average Bonchev–Trinajstić information content (AvgIpc) is 3.47. The third-order valence-electron chi connectivity index (χ3n) is 7.27. The number of nitrogens with one attached hydrogen (secondary N) is 1. The van der Waals surface area contributed by atoms with Crippen molar-refractivity contribution in [1.82, 2.24) is 14.4 Å². The van der Waals surface area contributed by atoms with Gasteiger partial charge in [-0.2, -0.15) is 0 Å². The fourth-order valence-corrected chi connectivity index (χ4v) is 6.77. The molecule has 0 unspecified atom stereocenters. The minimum atomic E-state index is -0.178. The summed E-state index contributed by atoms with van der Waals surface area (Å²) >= 11 is 1.90. The number of fused-ring (bicyclic) bond motifs is 5. The molecule has 4 heterocycles. The summed E-state index contributed by atoms with van der Waals surface area (Å²) in [5.74, 6) is 0. The molecule has 2 amide bonds. The van der Waals surface area contributed by atoms with Gasteiger partial charge in [0.2, 0.25) is 0 Å². The van der Waals surface area contributed by atoms with E-state index in [2.05, 4.69) is 71.2 Å². The lowest BCUT2D eigenvalue weighted by Gasteiger charge is -2.32. The van der Waals surface area contributed by atoms with Crippen LogP contribution in [-0.2, 0) is 19.5 Å². The molecule has 2 aliphatic rings. The molecule has 0 saturated carbocycles. The van der Waals surface area contributed by atoms with Crippen LogP contribution in [0.5, 0.6) is 0 Å². The molecule has 4 aromatic rings. The van der Waals surface area contributed by atoms with Crippen molar-refractivity contribution >= 4 is 23.1 Å². The van der Waals surface area contributed by atoms with Gasteiger partial charge in [0.25, 0.3) is 0 Å².